The molecule has 1 aliphatic rings. The van der Waals surface area contributed by atoms with E-state index in [2.05, 4.69) is 34.1 Å². The number of carbonyl (C=O) groups is 1. The van der Waals surface area contributed by atoms with Crippen LogP contribution in [0, 0.1) is 5.92 Å². The maximum absolute atomic E-state index is 12.0. The van der Waals surface area contributed by atoms with E-state index in [4.69, 9.17) is 4.74 Å². The molecule has 0 unspecified atom stereocenters. The van der Waals surface area contributed by atoms with E-state index in [-0.39, 0.29) is 5.97 Å². The minimum absolute atomic E-state index is 0.101. The summed E-state index contributed by atoms with van der Waals surface area (Å²) in [7, 11) is 0. The monoisotopic (exact) mass is 344 g/mol. The third-order valence-corrected chi connectivity index (χ3v) is 4.38. The Bertz CT molecular complexity index is 637. The van der Waals surface area contributed by atoms with Crippen LogP contribution in [-0.4, -0.2) is 5.97 Å². The normalized spacial score (nSPS) is 16.5. The Morgan fingerprint density at radius 1 is 1.10 bits per heavy atom. The van der Waals surface area contributed by atoms with Crippen LogP contribution < -0.4 is 0 Å². The van der Waals surface area contributed by atoms with Crippen molar-refractivity contribution in [3.05, 3.63) is 69.7 Å². The molecular formula is C18H17BrO2. The Labute approximate surface area is 133 Å². The molecule has 2 aromatic rings. The van der Waals surface area contributed by atoms with E-state index in [9.17, 15) is 4.79 Å². The minimum atomic E-state index is -0.101. The Kier molecular flexibility index (Phi) is 4.39. The van der Waals surface area contributed by atoms with E-state index in [0.717, 1.165) is 22.9 Å². The Balaban J connectivity index is 1.51. The zero-order valence-corrected chi connectivity index (χ0v) is 13.3. The van der Waals surface area contributed by atoms with Crippen molar-refractivity contribution in [2.45, 2.75) is 25.9 Å². The molecule has 0 spiro atoms. The van der Waals surface area contributed by atoms with Gasteiger partial charge in [-0.1, -0.05) is 52.3 Å². The summed E-state index contributed by atoms with van der Waals surface area (Å²) in [4.78, 5) is 12.0. The van der Waals surface area contributed by atoms with Crippen molar-refractivity contribution in [3.63, 3.8) is 0 Å². The second kappa shape index (κ2) is 6.44. The van der Waals surface area contributed by atoms with Crippen LogP contribution in [0.4, 0.5) is 0 Å². The zero-order chi connectivity index (χ0) is 14.7. The lowest BCUT2D eigenvalue weighted by molar-refractivity contribution is -0.146. The van der Waals surface area contributed by atoms with Crippen molar-refractivity contribution in [1.82, 2.24) is 0 Å². The lowest BCUT2D eigenvalue weighted by Gasteiger charge is -2.09. The number of ether oxygens (including phenoxy) is 1. The van der Waals surface area contributed by atoms with Crippen LogP contribution >= 0.6 is 15.9 Å². The van der Waals surface area contributed by atoms with Gasteiger partial charge in [0.2, 0.25) is 0 Å². The first-order valence-electron chi connectivity index (χ1n) is 7.17. The third kappa shape index (κ3) is 3.73. The maximum atomic E-state index is 12.0. The number of hydrogen-bond donors (Lipinski definition) is 0. The van der Waals surface area contributed by atoms with Gasteiger partial charge in [-0.2, -0.15) is 0 Å². The molecule has 0 fully saturated rings. The molecule has 0 heterocycles. The van der Waals surface area contributed by atoms with E-state index in [0.29, 0.717) is 18.9 Å². The fraction of sp³-hybridized carbons (Fsp3) is 0.278. The molecule has 1 aliphatic carbocycles. The molecule has 3 heteroatoms. The van der Waals surface area contributed by atoms with Crippen molar-refractivity contribution in [2.75, 3.05) is 0 Å². The number of carbonyl (C=O) groups excluding carboxylic acids is 1. The molecule has 3 rings (SSSR count). The molecule has 2 nitrogen and oxygen atoms in total. The standard InChI is InChI=1S/C18H17BrO2/c19-17-7-6-15-8-14(9-16(15)11-17)10-18(20)21-12-13-4-2-1-3-5-13/h1-7,11,14H,8-10,12H2/t14-/m0/s1. The number of esters is 1. The van der Waals surface area contributed by atoms with E-state index in [1.807, 2.05) is 30.3 Å². The highest BCUT2D eigenvalue weighted by molar-refractivity contribution is 9.10. The summed E-state index contributed by atoms with van der Waals surface area (Å²) in [5.74, 6) is 0.272. The molecule has 0 saturated carbocycles. The van der Waals surface area contributed by atoms with Gasteiger partial charge >= 0.3 is 5.97 Å². The number of rotatable bonds is 4. The number of hydrogen-bond acceptors (Lipinski definition) is 2. The highest BCUT2D eigenvalue weighted by Gasteiger charge is 2.24. The first-order valence-corrected chi connectivity index (χ1v) is 7.97. The van der Waals surface area contributed by atoms with Gasteiger partial charge in [-0.3, -0.25) is 4.79 Å². The second-order valence-corrected chi connectivity index (χ2v) is 6.45. The third-order valence-electron chi connectivity index (χ3n) is 3.88. The molecule has 0 radical (unpaired) electrons. The van der Waals surface area contributed by atoms with Gasteiger partial charge in [0.25, 0.3) is 0 Å². The first kappa shape index (κ1) is 14.3. The quantitative estimate of drug-likeness (QED) is 0.773. The summed E-state index contributed by atoms with van der Waals surface area (Å²) in [6, 6.07) is 16.2. The maximum Gasteiger partial charge on any atom is 0.306 e. The van der Waals surface area contributed by atoms with Crippen LogP contribution in [0.5, 0.6) is 0 Å². The average Bonchev–Trinajstić information content (AvgIpc) is 2.87. The summed E-state index contributed by atoms with van der Waals surface area (Å²) in [5, 5.41) is 0. The summed E-state index contributed by atoms with van der Waals surface area (Å²) in [6.07, 6.45) is 2.44. The smallest absolute Gasteiger partial charge is 0.306 e. The van der Waals surface area contributed by atoms with Crippen molar-refractivity contribution < 1.29 is 9.53 Å². The number of benzene rings is 2. The van der Waals surface area contributed by atoms with Crippen molar-refractivity contribution in [2.24, 2.45) is 5.92 Å². The van der Waals surface area contributed by atoms with Gasteiger partial charge in [-0.15, -0.1) is 0 Å². The lowest BCUT2D eigenvalue weighted by Crippen LogP contribution is -2.11. The van der Waals surface area contributed by atoms with E-state index in [1.165, 1.54) is 11.1 Å². The Morgan fingerprint density at radius 3 is 2.67 bits per heavy atom. The number of halogens is 1. The summed E-state index contributed by atoms with van der Waals surface area (Å²) in [5.41, 5.74) is 3.74. The predicted molar refractivity (Wildman–Crippen MR) is 85.9 cm³/mol. The molecule has 0 aliphatic heterocycles. The SMILES string of the molecule is O=C(C[C@H]1Cc2ccc(Br)cc2C1)OCc1ccccc1. The van der Waals surface area contributed by atoms with Crippen molar-refractivity contribution >= 4 is 21.9 Å². The van der Waals surface area contributed by atoms with Crippen LogP contribution in [0.1, 0.15) is 23.1 Å². The fourth-order valence-corrected chi connectivity index (χ4v) is 3.26. The highest BCUT2D eigenvalue weighted by atomic mass is 79.9. The lowest BCUT2D eigenvalue weighted by atomic mass is 10.0. The van der Waals surface area contributed by atoms with Crippen LogP contribution in [0.2, 0.25) is 0 Å². The molecule has 2 aromatic carbocycles. The van der Waals surface area contributed by atoms with Crippen LogP contribution in [0.25, 0.3) is 0 Å². The molecule has 0 amide bonds. The van der Waals surface area contributed by atoms with Crippen molar-refractivity contribution in [3.8, 4) is 0 Å². The fourth-order valence-electron chi connectivity index (χ4n) is 2.85. The molecular weight excluding hydrogens is 328 g/mol. The average molecular weight is 345 g/mol. The van der Waals surface area contributed by atoms with Gasteiger partial charge in [0.1, 0.15) is 6.61 Å². The van der Waals surface area contributed by atoms with Gasteiger partial charge in [0.15, 0.2) is 0 Å². The van der Waals surface area contributed by atoms with Crippen LogP contribution in [0.15, 0.2) is 53.0 Å². The second-order valence-electron chi connectivity index (χ2n) is 5.54. The van der Waals surface area contributed by atoms with Gasteiger partial charge in [0.05, 0.1) is 0 Å². The van der Waals surface area contributed by atoms with Gasteiger partial charge in [-0.25, -0.2) is 0 Å². The molecule has 1 atom stereocenters. The van der Waals surface area contributed by atoms with Crippen LogP contribution in [-0.2, 0) is 29.0 Å². The summed E-state index contributed by atoms with van der Waals surface area (Å²) < 4.78 is 6.47. The van der Waals surface area contributed by atoms with Gasteiger partial charge in [-0.05, 0) is 47.6 Å². The van der Waals surface area contributed by atoms with E-state index in [1.54, 1.807) is 0 Å². The van der Waals surface area contributed by atoms with Crippen LogP contribution in [0.3, 0.4) is 0 Å². The van der Waals surface area contributed by atoms with Crippen molar-refractivity contribution in [1.29, 1.82) is 0 Å². The number of fused-ring (bicyclic) bond motifs is 1. The molecule has 108 valence electrons. The van der Waals surface area contributed by atoms with E-state index < -0.39 is 0 Å². The predicted octanol–water partition coefficient (Wildman–Crippen LogP) is 4.30. The van der Waals surface area contributed by atoms with Gasteiger partial charge < -0.3 is 4.74 Å². The Hall–Kier alpha value is -1.61. The summed E-state index contributed by atoms with van der Waals surface area (Å²) >= 11 is 3.49. The largest absolute Gasteiger partial charge is 0.461 e. The summed E-state index contributed by atoms with van der Waals surface area (Å²) in [6.45, 7) is 0.366. The molecule has 0 aromatic heterocycles. The minimum Gasteiger partial charge on any atom is -0.461 e. The molecule has 0 bridgehead atoms. The topological polar surface area (TPSA) is 26.3 Å². The molecule has 21 heavy (non-hydrogen) atoms. The van der Waals surface area contributed by atoms with Gasteiger partial charge in [0, 0.05) is 10.9 Å². The molecule has 0 saturated heterocycles. The molecule has 0 N–H and O–H groups in total. The Morgan fingerprint density at radius 2 is 1.86 bits per heavy atom. The highest BCUT2D eigenvalue weighted by Crippen LogP contribution is 2.31. The van der Waals surface area contributed by atoms with E-state index >= 15 is 0 Å². The zero-order valence-electron chi connectivity index (χ0n) is 11.7. The first-order chi connectivity index (χ1) is 10.2.